The van der Waals surface area contributed by atoms with Gasteiger partial charge in [0.25, 0.3) is 0 Å². The molecule has 170 valence electrons. The number of anilines is 1. The predicted octanol–water partition coefficient (Wildman–Crippen LogP) is 5.67. The average molecular weight is 474 g/mol. The monoisotopic (exact) mass is 474 g/mol. The second-order valence-electron chi connectivity index (χ2n) is 7.00. The Balaban J connectivity index is 1.49. The largest absolute Gasteiger partial charge is 0.416 e. The first-order chi connectivity index (χ1) is 15.8. The van der Waals surface area contributed by atoms with Crippen molar-refractivity contribution in [3.05, 3.63) is 83.4 Å². The summed E-state index contributed by atoms with van der Waals surface area (Å²) in [6, 6.07) is 15.4. The first-order valence-corrected chi connectivity index (χ1v) is 10.8. The van der Waals surface area contributed by atoms with Crippen molar-refractivity contribution >= 4 is 23.5 Å². The third-order valence-corrected chi connectivity index (χ3v) is 5.74. The third kappa shape index (κ3) is 5.61. The van der Waals surface area contributed by atoms with Crippen LogP contribution >= 0.6 is 11.8 Å². The number of carbonyl (C=O) groups excluding carboxylic acids is 1. The molecule has 1 atom stereocenters. The van der Waals surface area contributed by atoms with Crippen molar-refractivity contribution in [2.24, 2.45) is 0 Å². The van der Waals surface area contributed by atoms with E-state index in [1.807, 2.05) is 30.3 Å². The van der Waals surface area contributed by atoms with Crippen molar-refractivity contribution in [3.8, 4) is 11.4 Å². The minimum atomic E-state index is -4.48. The fourth-order valence-corrected chi connectivity index (χ4v) is 3.97. The van der Waals surface area contributed by atoms with Crippen LogP contribution in [0.4, 0.5) is 19.0 Å². The lowest BCUT2D eigenvalue weighted by Gasteiger charge is -2.15. The summed E-state index contributed by atoms with van der Waals surface area (Å²) in [5.74, 6) is 0.911. The number of nitrogens with one attached hydrogen (secondary N) is 1. The number of thioether (sulfide) groups is 1. The van der Waals surface area contributed by atoms with E-state index in [9.17, 15) is 18.0 Å². The van der Waals surface area contributed by atoms with Crippen molar-refractivity contribution < 1.29 is 27.0 Å². The normalized spacial score (nSPS) is 12.5. The summed E-state index contributed by atoms with van der Waals surface area (Å²) >= 11 is 1.23. The molecule has 0 spiro atoms. The molecule has 0 aliphatic carbocycles. The number of hydrogen-bond donors (Lipinski definition) is 1. The summed E-state index contributed by atoms with van der Waals surface area (Å²) in [5.41, 5.74) is 0.131. The van der Waals surface area contributed by atoms with Crippen molar-refractivity contribution in [1.29, 1.82) is 0 Å². The molecule has 0 saturated carbocycles. The van der Waals surface area contributed by atoms with Gasteiger partial charge in [0, 0.05) is 11.6 Å². The second kappa shape index (κ2) is 9.49. The maximum Gasteiger partial charge on any atom is 0.416 e. The van der Waals surface area contributed by atoms with Crippen LogP contribution in [0.3, 0.4) is 0 Å². The number of aryl methyl sites for hydroxylation is 1. The maximum absolute atomic E-state index is 13.0. The van der Waals surface area contributed by atoms with Crippen LogP contribution in [-0.4, -0.2) is 21.2 Å². The predicted molar refractivity (Wildman–Crippen MR) is 115 cm³/mol. The molecule has 1 amide bonds. The highest BCUT2D eigenvalue weighted by molar-refractivity contribution is 7.99. The summed E-state index contributed by atoms with van der Waals surface area (Å²) < 4.78 is 49.1. The first kappa shape index (κ1) is 22.6. The Morgan fingerprint density at radius 3 is 2.55 bits per heavy atom. The van der Waals surface area contributed by atoms with Crippen LogP contribution in [-0.2, 0) is 16.7 Å². The smallest absolute Gasteiger partial charge is 0.360 e. The Morgan fingerprint density at radius 2 is 1.85 bits per heavy atom. The Bertz CT molecular complexity index is 1240. The van der Waals surface area contributed by atoms with Gasteiger partial charge in [-0.3, -0.25) is 4.79 Å². The highest BCUT2D eigenvalue weighted by Crippen LogP contribution is 2.34. The van der Waals surface area contributed by atoms with Crippen LogP contribution in [0.2, 0.25) is 0 Å². The molecular weight excluding hydrogens is 457 g/mol. The van der Waals surface area contributed by atoms with Gasteiger partial charge in [0.1, 0.15) is 11.0 Å². The van der Waals surface area contributed by atoms with E-state index in [1.165, 1.54) is 23.9 Å². The number of hydrogen-bond acceptors (Lipinski definition) is 7. The first-order valence-electron chi connectivity index (χ1n) is 9.70. The van der Waals surface area contributed by atoms with Crippen LogP contribution in [0.25, 0.3) is 11.4 Å². The Hall–Kier alpha value is -3.60. The molecular formula is C22H17F3N4O3S. The number of amides is 1. The molecule has 0 aliphatic rings. The average Bonchev–Trinajstić information content (AvgIpc) is 3.43. The number of halogens is 3. The molecule has 2 heterocycles. The molecule has 0 saturated heterocycles. The van der Waals surface area contributed by atoms with Gasteiger partial charge in [0.2, 0.25) is 17.6 Å². The van der Waals surface area contributed by atoms with Gasteiger partial charge in [-0.1, -0.05) is 52.8 Å². The summed E-state index contributed by atoms with van der Waals surface area (Å²) in [7, 11) is 0. The Labute approximate surface area is 190 Å². The van der Waals surface area contributed by atoms with Crippen molar-refractivity contribution in [2.45, 2.75) is 24.1 Å². The van der Waals surface area contributed by atoms with E-state index in [1.54, 1.807) is 13.0 Å². The molecule has 33 heavy (non-hydrogen) atoms. The zero-order valence-corrected chi connectivity index (χ0v) is 18.0. The number of aromatic nitrogens is 3. The zero-order valence-electron chi connectivity index (χ0n) is 17.2. The lowest BCUT2D eigenvalue weighted by Crippen LogP contribution is -2.19. The Morgan fingerprint density at radius 1 is 1.06 bits per heavy atom. The van der Waals surface area contributed by atoms with Gasteiger partial charge >= 0.3 is 6.18 Å². The minimum Gasteiger partial charge on any atom is -0.360 e. The van der Waals surface area contributed by atoms with E-state index in [4.69, 9.17) is 9.05 Å². The summed E-state index contributed by atoms with van der Waals surface area (Å²) in [6.45, 7) is 1.71. The van der Waals surface area contributed by atoms with Gasteiger partial charge in [0.15, 0.2) is 5.82 Å². The summed E-state index contributed by atoms with van der Waals surface area (Å²) in [6.07, 6.45) is -4.48. The molecule has 0 radical (unpaired) electrons. The highest BCUT2D eigenvalue weighted by Gasteiger charge is 2.31. The molecule has 2 aromatic heterocycles. The molecule has 4 aromatic rings. The van der Waals surface area contributed by atoms with Crippen LogP contribution in [0.1, 0.15) is 28.0 Å². The zero-order chi connectivity index (χ0) is 23.4. The van der Waals surface area contributed by atoms with Crippen LogP contribution < -0.4 is 5.32 Å². The molecule has 0 bridgehead atoms. The van der Waals surface area contributed by atoms with E-state index >= 15 is 0 Å². The van der Waals surface area contributed by atoms with E-state index < -0.39 is 17.0 Å². The lowest BCUT2D eigenvalue weighted by atomic mass is 10.1. The number of rotatable bonds is 7. The molecule has 7 nitrogen and oxygen atoms in total. The van der Waals surface area contributed by atoms with Crippen LogP contribution in [0, 0.1) is 6.92 Å². The molecule has 11 heteroatoms. The van der Waals surface area contributed by atoms with Gasteiger partial charge < -0.3 is 14.4 Å². The summed E-state index contributed by atoms with van der Waals surface area (Å²) in [5, 5.41) is 9.64. The number of alkyl halides is 3. The Kier molecular flexibility index (Phi) is 6.50. The fourth-order valence-electron chi connectivity index (χ4n) is 2.99. The number of carbonyl (C=O) groups is 1. The molecule has 0 fully saturated rings. The maximum atomic E-state index is 13.0. The molecule has 1 N–H and O–H groups in total. The van der Waals surface area contributed by atoms with Crippen molar-refractivity contribution in [1.82, 2.24) is 15.3 Å². The molecule has 2 aromatic carbocycles. The standard InChI is InChI=1S/C22H17F3N4O3S/c1-13-10-17(28-31-13)26-21(30)19(14-6-3-2-4-7-14)33-12-18-27-20(29-32-18)15-8-5-9-16(11-15)22(23,24)25/h2-11,19H,12H2,1H3,(H,26,28,30). The van der Waals surface area contributed by atoms with Crippen molar-refractivity contribution in [2.75, 3.05) is 5.32 Å². The lowest BCUT2D eigenvalue weighted by molar-refractivity contribution is -0.137. The van der Waals surface area contributed by atoms with Gasteiger partial charge in [0.05, 0.1) is 11.3 Å². The van der Waals surface area contributed by atoms with Crippen LogP contribution in [0.15, 0.2) is 69.7 Å². The summed E-state index contributed by atoms with van der Waals surface area (Å²) in [4.78, 5) is 17.1. The van der Waals surface area contributed by atoms with Gasteiger partial charge in [-0.2, -0.15) is 18.2 Å². The SMILES string of the molecule is Cc1cc(NC(=O)C(SCc2nc(-c3cccc(C(F)(F)F)c3)no2)c2ccccc2)no1. The van der Waals surface area contributed by atoms with Crippen LogP contribution in [0.5, 0.6) is 0 Å². The third-order valence-electron chi connectivity index (χ3n) is 4.51. The van der Waals surface area contributed by atoms with E-state index in [0.29, 0.717) is 11.6 Å². The fraction of sp³-hybridized carbons (Fsp3) is 0.182. The van der Waals surface area contributed by atoms with Gasteiger partial charge in [-0.15, -0.1) is 11.8 Å². The quantitative estimate of drug-likeness (QED) is 0.369. The molecule has 4 rings (SSSR count). The minimum absolute atomic E-state index is 0.0375. The van der Waals surface area contributed by atoms with E-state index in [-0.39, 0.29) is 28.9 Å². The van der Waals surface area contributed by atoms with E-state index in [2.05, 4.69) is 20.6 Å². The highest BCUT2D eigenvalue weighted by atomic mass is 32.2. The molecule has 1 unspecified atom stereocenters. The topological polar surface area (TPSA) is 94.1 Å². The van der Waals surface area contributed by atoms with Gasteiger partial charge in [-0.25, -0.2) is 0 Å². The van der Waals surface area contributed by atoms with E-state index in [0.717, 1.165) is 17.7 Å². The second-order valence-corrected chi connectivity index (χ2v) is 8.10. The number of benzene rings is 2. The van der Waals surface area contributed by atoms with Gasteiger partial charge in [-0.05, 0) is 24.6 Å². The van der Waals surface area contributed by atoms with Crippen molar-refractivity contribution in [3.63, 3.8) is 0 Å². The number of nitrogens with zero attached hydrogens (tertiary/aromatic N) is 3. The molecule has 0 aliphatic heterocycles.